The zero-order valence-electron chi connectivity index (χ0n) is 10.1. The van der Waals surface area contributed by atoms with Gasteiger partial charge in [0.25, 0.3) is 0 Å². The second-order valence-corrected chi connectivity index (χ2v) is 3.70. The van der Waals surface area contributed by atoms with Crippen molar-refractivity contribution in [2.75, 3.05) is 21.3 Å². The molecule has 0 aromatic heterocycles. The van der Waals surface area contributed by atoms with Crippen LogP contribution in [-0.4, -0.2) is 37.8 Å². The van der Waals surface area contributed by atoms with Crippen molar-refractivity contribution in [2.45, 2.75) is 18.3 Å². The molecule has 1 aliphatic carbocycles. The summed E-state index contributed by atoms with van der Waals surface area (Å²) in [5, 5.41) is 10.4. The van der Waals surface area contributed by atoms with Gasteiger partial charge in [-0.05, 0) is 24.6 Å². The van der Waals surface area contributed by atoms with Crippen molar-refractivity contribution in [2.24, 2.45) is 0 Å². The first kappa shape index (κ1) is 13.0. The van der Waals surface area contributed by atoms with Crippen LogP contribution in [0.5, 0.6) is 0 Å². The number of aliphatic hydroxyl groups is 1. The van der Waals surface area contributed by atoms with E-state index in [4.69, 9.17) is 14.2 Å². The van der Waals surface area contributed by atoms with Gasteiger partial charge in [-0.25, -0.2) is 0 Å². The minimum atomic E-state index is -1.58. The van der Waals surface area contributed by atoms with E-state index in [1.807, 2.05) is 0 Å². The lowest BCUT2D eigenvalue weighted by Gasteiger charge is -2.43. The fourth-order valence-electron chi connectivity index (χ4n) is 1.74. The Bertz CT molecular complexity index is 345. The van der Waals surface area contributed by atoms with Gasteiger partial charge in [0, 0.05) is 14.2 Å². The summed E-state index contributed by atoms with van der Waals surface area (Å²) >= 11 is 0. The van der Waals surface area contributed by atoms with Crippen LogP contribution in [0.4, 0.5) is 0 Å². The van der Waals surface area contributed by atoms with Gasteiger partial charge in [0.2, 0.25) is 5.79 Å². The van der Waals surface area contributed by atoms with Gasteiger partial charge in [-0.3, -0.25) is 0 Å². The summed E-state index contributed by atoms with van der Waals surface area (Å²) in [4.78, 5) is 0. The Labute approximate surface area is 95.8 Å². The molecule has 1 rings (SSSR count). The summed E-state index contributed by atoms with van der Waals surface area (Å²) in [5.74, 6) is -1.09. The van der Waals surface area contributed by atoms with Crippen LogP contribution in [0.2, 0.25) is 0 Å². The van der Waals surface area contributed by atoms with E-state index in [9.17, 15) is 5.11 Å². The molecule has 0 bridgehead atoms. The highest BCUT2D eigenvalue weighted by molar-refractivity contribution is 5.42. The lowest BCUT2D eigenvalue weighted by molar-refractivity contribution is -0.257. The van der Waals surface area contributed by atoms with Crippen molar-refractivity contribution in [1.82, 2.24) is 0 Å². The van der Waals surface area contributed by atoms with E-state index >= 15 is 0 Å². The smallest absolute Gasteiger partial charge is 0.223 e. The first-order valence-corrected chi connectivity index (χ1v) is 4.91. The van der Waals surface area contributed by atoms with Crippen LogP contribution in [-0.2, 0) is 14.2 Å². The summed E-state index contributed by atoms with van der Waals surface area (Å²) in [7, 11) is 4.42. The maximum atomic E-state index is 10.4. The third-order valence-electron chi connectivity index (χ3n) is 2.99. The molecule has 4 nitrogen and oxygen atoms in total. The number of hydrogen-bond acceptors (Lipinski definition) is 4. The quantitative estimate of drug-likeness (QED) is 0.736. The number of allylic oxidation sites excluding steroid dienone is 3. The van der Waals surface area contributed by atoms with Crippen LogP contribution < -0.4 is 0 Å². The van der Waals surface area contributed by atoms with Crippen LogP contribution in [0.15, 0.2) is 36.1 Å². The number of rotatable bonds is 4. The molecular formula is C12H18O4. The van der Waals surface area contributed by atoms with E-state index in [1.54, 1.807) is 25.2 Å². The van der Waals surface area contributed by atoms with Crippen molar-refractivity contribution in [1.29, 1.82) is 0 Å². The molecule has 0 aliphatic heterocycles. The highest BCUT2D eigenvalue weighted by atomic mass is 16.7. The normalized spacial score (nSPS) is 34.1. The Morgan fingerprint density at radius 1 is 1.31 bits per heavy atom. The average Bonchev–Trinajstić information content (AvgIpc) is 2.32. The van der Waals surface area contributed by atoms with E-state index in [1.165, 1.54) is 21.3 Å². The second-order valence-electron chi connectivity index (χ2n) is 3.70. The summed E-state index contributed by atoms with van der Waals surface area (Å²) in [5.41, 5.74) is -0.362. The molecule has 1 N–H and O–H groups in total. The van der Waals surface area contributed by atoms with Gasteiger partial charge in [-0.15, -0.1) is 0 Å². The van der Waals surface area contributed by atoms with Crippen LogP contribution in [0.3, 0.4) is 0 Å². The monoisotopic (exact) mass is 226 g/mol. The Hall–Kier alpha value is -1.10. The Morgan fingerprint density at radius 2 is 1.94 bits per heavy atom. The zero-order chi connectivity index (χ0) is 12.4. The summed E-state index contributed by atoms with van der Waals surface area (Å²) < 4.78 is 15.7. The van der Waals surface area contributed by atoms with Crippen LogP contribution in [0.25, 0.3) is 0 Å². The molecule has 0 heterocycles. The average molecular weight is 226 g/mol. The van der Waals surface area contributed by atoms with Gasteiger partial charge >= 0.3 is 0 Å². The topological polar surface area (TPSA) is 47.9 Å². The first-order chi connectivity index (χ1) is 7.47. The molecule has 1 aliphatic rings. The maximum Gasteiger partial charge on any atom is 0.223 e. The predicted octanol–water partition coefficient (Wildman–Crippen LogP) is 1.38. The molecule has 2 atom stereocenters. The Morgan fingerprint density at radius 3 is 2.31 bits per heavy atom. The van der Waals surface area contributed by atoms with E-state index in [0.29, 0.717) is 5.76 Å². The van der Waals surface area contributed by atoms with Crippen molar-refractivity contribution in [3.63, 3.8) is 0 Å². The summed E-state index contributed by atoms with van der Waals surface area (Å²) in [6.45, 7) is 5.35. The van der Waals surface area contributed by atoms with Gasteiger partial charge in [-0.2, -0.15) is 0 Å². The second kappa shape index (κ2) is 4.41. The lowest BCUT2D eigenvalue weighted by atomic mass is 9.85. The van der Waals surface area contributed by atoms with Gasteiger partial charge < -0.3 is 19.3 Å². The molecule has 0 aromatic carbocycles. The number of hydrogen-bond donors (Lipinski definition) is 1. The van der Waals surface area contributed by atoms with E-state index in [2.05, 4.69) is 6.58 Å². The fraction of sp³-hybridized carbons (Fsp3) is 0.500. The highest BCUT2D eigenvalue weighted by Gasteiger charge is 2.52. The lowest BCUT2D eigenvalue weighted by Crippen LogP contribution is -2.56. The third kappa shape index (κ3) is 1.69. The maximum absolute atomic E-state index is 10.4. The largest absolute Gasteiger partial charge is 0.498 e. The molecule has 90 valence electrons. The molecule has 0 saturated carbocycles. The van der Waals surface area contributed by atoms with Crippen LogP contribution in [0.1, 0.15) is 6.92 Å². The van der Waals surface area contributed by atoms with Crippen molar-refractivity contribution in [3.8, 4) is 0 Å². The van der Waals surface area contributed by atoms with E-state index < -0.39 is 11.4 Å². The Kier molecular flexibility index (Phi) is 3.57. The van der Waals surface area contributed by atoms with Crippen molar-refractivity contribution in [3.05, 3.63) is 36.1 Å². The minimum Gasteiger partial charge on any atom is -0.498 e. The first-order valence-electron chi connectivity index (χ1n) is 4.91. The molecule has 0 aromatic rings. The molecule has 0 amide bonds. The van der Waals surface area contributed by atoms with Gasteiger partial charge in [-0.1, -0.05) is 12.7 Å². The fourth-order valence-corrected chi connectivity index (χ4v) is 1.74. The molecule has 0 saturated heterocycles. The molecular weight excluding hydrogens is 208 g/mol. The summed E-state index contributed by atoms with van der Waals surface area (Å²) in [6, 6.07) is 0. The zero-order valence-corrected chi connectivity index (χ0v) is 10.1. The molecule has 0 spiro atoms. The van der Waals surface area contributed by atoms with Gasteiger partial charge in [0.1, 0.15) is 5.76 Å². The molecule has 0 fully saturated rings. The SMILES string of the molecule is C=CC1=CC(O)(OC)C(C)(OC)C(OC)=C1. The van der Waals surface area contributed by atoms with Crippen LogP contribution >= 0.6 is 0 Å². The molecule has 0 radical (unpaired) electrons. The van der Waals surface area contributed by atoms with E-state index in [0.717, 1.165) is 5.57 Å². The molecule has 2 unspecified atom stereocenters. The molecule has 4 heteroatoms. The third-order valence-corrected chi connectivity index (χ3v) is 2.99. The van der Waals surface area contributed by atoms with E-state index in [-0.39, 0.29) is 0 Å². The van der Waals surface area contributed by atoms with Gasteiger partial charge in [0.05, 0.1) is 7.11 Å². The Balaban J connectivity index is 3.33. The number of methoxy groups -OCH3 is 3. The standard InChI is InChI=1S/C12H18O4/c1-6-9-7-10(14-3)11(2,15-4)12(13,8-9)16-5/h6-8,13H,1H2,2-5H3. The van der Waals surface area contributed by atoms with Gasteiger partial charge in [0.15, 0.2) is 5.60 Å². The van der Waals surface area contributed by atoms with Crippen molar-refractivity contribution < 1.29 is 19.3 Å². The summed E-state index contributed by atoms with van der Waals surface area (Å²) in [6.07, 6.45) is 4.91. The number of ether oxygens (including phenoxy) is 3. The van der Waals surface area contributed by atoms with Crippen LogP contribution in [0, 0.1) is 0 Å². The molecule has 16 heavy (non-hydrogen) atoms. The van der Waals surface area contributed by atoms with Crippen molar-refractivity contribution >= 4 is 0 Å². The highest BCUT2D eigenvalue weighted by Crippen LogP contribution is 2.39. The minimum absolute atomic E-state index is 0.483. The predicted molar refractivity (Wildman–Crippen MR) is 60.7 cm³/mol.